The second-order valence-electron chi connectivity index (χ2n) is 13.2. The quantitative estimate of drug-likeness (QED) is 0.0490. The highest BCUT2D eigenvalue weighted by Gasteiger charge is 2.48. The molecule has 6 atom stereocenters. The van der Waals surface area contributed by atoms with E-state index in [2.05, 4.69) is 59.7 Å². The number of nitrogen functional groups attached to an aromatic ring is 1. The van der Waals surface area contributed by atoms with Gasteiger partial charge in [-0.25, -0.2) is 0 Å². The second-order valence-corrected chi connectivity index (χ2v) is 17.4. The van der Waals surface area contributed by atoms with Gasteiger partial charge in [-0.15, -0.1) is 19.7 Å². The van der Waals surface area contributed by atoms with Gasteiger partial charge in [0, 0.05) is 44.3 Å². The molecule has 0 spiro atoms. The molecule has 0 saturated carbocycles. The van der Waals surface area contributed by atoms with E-state index in [1.165, 1.54) is 5.57 Å². The van der Waals surface area contributed by atoms with E-state index in [-0.39, 0.29) is 24.2 Å². The maximum Gasteiger partial charge on any atom is 0.191 e. The van der Waals surface area contributed by atoms with E-state index in [0.717, 1.165) is 36.4 Å². The lowest BCUT2D eigenvalue weighted by Gasteiger charge is -2.44. The number of nitrogens with two attached hydrogens (primary N) is 1. The second kappa shape index (κ2) is 20.2. The molecular formula is C38H65NO7Si. The van der Waals surface area contributed by atoms with Crippen LogP contribution in [0.5, 0.6) is 11.5 Å². The molecule has 0 heterocycles. The number of anilines is 1. The fourth-order valence-corrected chi connectivity index (χ4v) is 9.05. The van der Waals surface area contributed by atoms with Crippen molar-refractivity contribution in [2.24, 2.45) is 11.8 Å². The zero-order valence-corrected chi connectivity index (χ0v) is 32.2. The highest BCUT2D eigenvalue weighted by molar-refractivity contribution is 6.71. The van der Waals surface area contributed by atoms with Crippen LogP contribution in [0.25, 0.3) is 0 Å². The maximum absolute atomic E-state index is 13.1. The van der Waals surface area contributed by atoms with Crippen molar-refractivity contribution in [3.8, 4) is 11.5 Å². The van der Waals surface area contributed by atoms with E-state index < -0.39 is 20.0 Å². The third-order valence-electron chi connectivity index (χ3n) is 9.02. The third kappa shape index (κ3) is 11.1. The Balaban J connectivity index is 3.94. The molecule has 47 heavy (non-hydrogen) atoms. The lowest BCUT2D eigenvalue weighted by molar-refractivity contribution is -0.203. The largest absolute Gasteiger partial charge is 0.496 e. The summed E-state index contributed by atoms with van der Waals surface area (Å²) in [5.74, 6) is -1.35. The minimum atomic E-state index is -2.45. The predicted octanol–water partition coefficient (Wildman–Crippen LogP) is 8.14. The van der Waals surface area contributed by atoms with Crippen LogP contribution >= 0.6 is 0 Å². The third-order valence-corrected chi connectivity index (χ3v) is 11.4. The minimum absolute atomic E-state index is 0.00337. The topological polar surface area (TPSA) is 102 Å². The van der Waals surface area contributed by atoms with Crippen LogP contribution in [0.4, 0.5) is 5.69 Å². The number of methoxy groups -OCH3 is 5. The van der Waals surface area contributed by atoms with Gasteiger partial charge in [-0.05, 0) is 51.7 Å². The zero-order chi connectivity index (χ0) is 35.9. The van der Waals surface area contributed by atoms with Crippen LogP contribution in [0, 0.1) is 11.8 Å². The van der Waals surface area contributed by atoms with E-state index in [1.54, 1.807) is 47.7 Å². The summed E-state index contributed by atoms with van der Waals surface area (Å²) in [6.07, 6.45) is 10.9. The van der Waals surface area contributed by atoms with Crippen LogP contribution in [0.2, 0.25) is 19.1 Å². The van der Waals surface area contributed by atoms with Crippen molar-refractivity contribution < 1.29 is 33.2 Å². The smallest absolute Gasteiger partial charge is 0.191 e. The van der Waals surface area contributed by atoms with Gasteiger partial charge in [0.15, 0.2) is 19.9 Å². The van der Waals surface area contributed by atoms with Crippen LogP contribution in [-0.2, 0) is 37.3 Å². The summed E-state index contributed by atoms with van der Waals surface area (Å²) in [5, 5.41) is 13.1. The van der Waals surface area contributed by atoms with Crippen molar-refractivity contribution in [3.63, 3.8) is 0 Å². The average molecular weight is 676 g/mol. The number of unbranched alkanes of at least 4 members (excludes halogenated alkanes) is 1. The first-order valence-corrected chi connectivity index (χ1v) is 19.9. The van der Waals surface area contributed by atoms with Crippen LogP contribution in [-0.4, -0.2) is 67.3 Å². The van der Waals surface area contributed by atoms with Crippen molar-refractivity contribution in [1.29, 1.82) is 0 Å². The van der Waals surface area contributed by atoms with Crippen molar-refractivity contribution >= 4 is 14.0 Å². The Morgan fingerprint density at radius 1 is 0.936 bits per heavy atom. The molecule has 0 saturated heterocycles. The molecule has 0 bridgehead atoms. The number of rotatable bonds is 24. The summed E-state index contributed by atoms with van der Waals surface area (Å²) >= 11 is 0. The molecule has 3 N–H and O–H groups in total. The number of allylic oxidation sites excluding steroid dienone is 2. The summed E-state index contributed by atoms with van der Waals surface area (Å²) < 4.78 is 36.7. The first-order valence-electron chi connectivity index (χ1n) is 16.8. The van der Waals surface area contributed by atoms with Gasteiger partial charge in [0.2, 0.25) is 0 Å². The van der Waals surface area contributed by atoms with Crippen molar-refractivity contribution in [2.45, 2.75) is 109 Å². The molecule has 0 fully saturated rings. The van der Waals surface area contributed by atoms with Crippen molar-refractivity contribution in [3.05, 3.63) is 66.3 Å². The van der Waals surface area contributed by atoms with E-state index in [4.69, 9.17) is 33.8 Å². The van der Waals surface area contributed by atoms with Gasteiger partial charge in [0.25, 0.3) is 0 Å². The van der Waals surface area contributed by atoms with Crippen LogP contribution in [0.1, 0.15) is 70.1 Å². The van der Waals surface area contributed by atoms with Gasteiger partial charge in [0.05, 0.1) is 43.8 Å². The SMILES string of the molecule is C=CCc1c(N)c(OC)c(C(O)(O[Si](C)(C)CCCC)C(C)CC(OC)C(OC)C(C)C=C(C)CC(C=C)OC)c(CC=C)c1OC. The van der Waals surface area contributed by atoms with Gasteiger partial charge in [-0.1, -0.05) is 63.5 Å². The van der Waals surface area contributed by atoms with Gasteiger partial charge in [-0.3, -0.25) is 0 Å². The molecule has 8 nitrogen and oxygen atoms in total. The molecule has 0 aliphatic carbocycles. The molecule has 1 aromatic rings. The number of benzene rings is 1. The number of hydrogen-bond donors (Lipinski definition) is 2. The van der Waals surface area contributed by atoms with Crippen LogP contribution < -0.4 is 15.2 Å². The molecule has 1 rings (SSSR count). The number of aliphatic hydroxyl groups is 1. The monoisotopic (exact) mass is 675 g/mol. The van der Waals surface area contributed by atoms with Gasteiger partial charge >= 0.3 is 0 Å². The fourth-order valence-electron chi connectivity index (χ4n) is 6.59. The van der Waals surface area contributed by atoms with Crippen molar-refractivity contribution in [2.75, 3.05) is 41.3 Å². The lowest BCUT2D eigenvalue weighted by Crippen LogP contribution is -2.49. The summed E-state index contributed by atoms with van der Waals surface area (Å²) in [4.78, 5) is 0. The molecule has 0 radical (unpaired) electrons. The highest BCUT2D eigenvalue weighted by Crippen LogP contribution is 2.51. The van der Waals surface area contributed by atoms with Crippen molar-refractivity contribution in [1.82, 2.24) is 0 Å². The average Bonchev–Trinajstić information content (AvgIpc) is 3.03. The van der Waals surface area contributed by atoms with Crippen LogP contribution in [0.15, 0.2) is 49.6 Å². The summed E-state index contributed by atoms with van der Waals surface area (Å²) in [6.45, 7) is 24.4. The number of hydrogen-bond acceptors (Lipinski definition) is 8. The van der Waals surface area contributed by atoms with E-state index in [1.807, 2.05) is 13.0 Å². The zero-order valence-electron chi connectivity index (χ0n) is 31.2. The summed E-state index contributed by atoms with van der Waals surface area (Å²) in [6, 6.07) is 0.876. The lowest BCUT2D eigenvalue weighted by atomic mass is 9.81. The molecule has 6 unspecified atom stereocenters. The molecule has 0 aromatic heterocycles. The van der Waals surface area contributed by atoms with E-state index >= 15 is 0 Å². The van der Waals surface area contributed by atoms with Crippen LogP contribution in [0.3, 0.4) is 0 Å². The molecule has 0 aliphatic rings. The van der Waals surface area contributed by atoms with E-state index in [0.29, 0.717) is 42.0 Å². The standard InChI is InChI=1S/C38H65NO7Si/c1-15-19-22-47(13,14)46-38(40,33-30(20-16-2)36(44-11)31(21-17-3)34(39)37(33)45-12)28(7)25-32(42-9)35(43-10)27(6)23-26(5)24-29(18-4)41-8/h16-18,23,27-29,32,35,40H,2-4,15,19-22,24-25,39H2,1,5-14H3. The van der Waals surface area contributed by atoms with E-state index in [9.17, 15) is 5.11 Å². The Bertz CT molecular complexity index is 1180. The van der Waals surface area contributed by atoms with Gasteiger partial charge < -0.3 is 39.0 Å². The first-order chi connectivity index (χ1) is 22.2. The Kier molecular flexibility index (Phi) is 18.3. The Hall–Kier alpha value is -2.40. The maximum atomic E-state index is 13.1. The van der Waals surface area contributed by atoms with Gasteiger partial charge in [0.1, 0.15) is 5.75 Å². The fraction of sp³-hybridized carbons (Fsp3) is 0.632. The summed E-state index contributed by atoms with van der Waals surface area (Å²) in [5.41, 5.74) is 10.3. The normalized spacial score (nSPS) is 16.8. The molecule has 268 valence electrons. The molecule has 0 aliphatic heterocycles. The number of ether oxygens (including phenoxy) is 5. The van der Waals surface area contributed by atoms with Gasteiger partial charge in [-0.2, -0.15) is 0 Å². The Morgan fingerprint density at radius 2 is 1.53 bits per heavy atom. The molecule has 0 amide bonds. The molecule has 9 heteroatoms. The highest BCUT2D eigenvalue weighted by atomic mass is 28.4. The minimum Gasteiger partial charge on any atom is -0.496 e. The Labute approximate surface area is 287 Å². The Morgan fingerprint density at radius 3 is 2.00 bits per heavy atom. The predicted molar refractivity (Wildman–Crippen MR) is 198 cm³/mol. The summed E-state index contributed by atoms with van der Waals surface area (Å²) in [7, 11) is 5.78. The molecule has 1 aromatic carbocycles. The first kappa shape index (κ1) is 42.6. The molecular weight excluding hydrogens is 611 g/mol.